The van der Waals surface area contributed by atoms with E-state index >= 15 is 0 Å². The Hall–Kier alpha value is -0.160. The van der Waals surface area contributed by atoms with E-state index in [1.165, 1.54) is 78.0 Å². The normalized spacial score (nSPS) is 22.8. The van der Waals surface area contributed by atoms with E-state index in [4.69, 9.17) is 4.74 Å². The average Bonchev–Trinajstić information content (AvgIpc) is 2.58. The Morgan fingerprint density at radius 3 is 1.96 bits per heavy atom. The van der Waals surface area contributed by atoms with Crippen LogP contribution in [0.2, 0.25) is 0 Å². The zero-order valence-electron chi connectivity index (χ0n) is 16.7. The molecule has 0 aromatic rings. The first-order valence-corrected chi connectivity index (χ1v) is 10.3. The predicted molar refractivity (Wildman–Crippen MR) is 103 cm³/mol. The first-order chi connectivity index (χ1) is 11.5. The SMILES string of the molecule is CC(C)OCCCC1CCN(CCN2CCN(C(C)C)CC2)CC1. The van der Waals surface area contributed by atoms with E-state index in [0.717, 1.165) is 12.5 Å². The van der Waals surface area contributed by atoms with E-state index in [1.54, 1.807) is 0 Å². The second-order valence-corrected chi connectivity index (χ2v) is 8.32. The third kappa shape index (κ3) is 7.38. The van der Waals surface area contributed by atoms with Gasteiger partial charge in [0.1, 0.15) is 0 Å². The highest BCUT2D eigenvalue weighted by atomic mass is 16.5. The molecule has 0 aromatic carbocycles. The molecular weight excluding hydrogens is 298 g/mol. The maximum atomic E-state index is 5.66. The van der Waals surface area contributed by atoms with Gasteiger partial charge in [-0.05, 0) is 72.4 Å². The Morgan fingerprint density at radius 2 is 1.42 bits per heavy atom. The first-order valence-electron chi connectivity index (χ1n) is 10.3. The van der Waals surface area contributed by atoms with Gasteiger partial charge in [0, 0.05) is 51.9 Å². The molecule has 4 nitrogen and oxygen atoms in total. The lowest BCUT2D eigenvalue weighted by Crippen LogP contribution is -2.50. The summed E-state index contributed by atoms with van der Waals surface area (Å²) in [6.45, 7) is 20.0. The third-order valence-corrected chi connectivity index (χ3v) is 5.78. The van der Waals surface area contributed by atoms with Crippen LogP contribution in [0.5, 0.6) is 0 Å². The highest BCUT2D eigenvalue weighted by Crippen LogP contribution is 2.22. The molecule has 0 spiro atoms. The fourth-order valence-electron chi connectivity index (χ4n) is 3.98. The van der Waals surface area contributed by atoms with Gasteiger partial charge >= 0.3 is 0 Å². The van der Waals surface area contributed by atoms with Crippen molar-refractivity contribution in [1.82, 2.24) is 14.7 Å². The Bertz CT molecular complexity index is 319. The molecule has 2 aliphatic heterocycles. The van der Waals surface area contributed by atoms with Gasteiger partial charge in [-0.3, -0.25) is 9.80 Å². The van der Waals surface area contributed by atoms with Crippen molar-refractivity contribution in [2.24, 2.45) is 5.92 Å². The molecule has 2 aliphatic rings. The zero-order chi connectivity index (χ0) is 17.4. The first kappa shape index (κ1) is 20.2. The molecule has 0 radical (unpaired) electrons. The van der Waals surface area contributed by atoms with Crippen LogP contribution >= 0.6 is 0 Å². The second-order valence-electron chi connectivity index (χ2n) is 8.32. The summed E-state index contributed by atoms with van der Waals surface area (Å²) < 4.78 is 5.66. The standard InChI is InChI=1S/C20H41N3O/c1-18(2)23-15-13-22(14-16-23)12-11-21-9-7-20(8-10-21)6-5-17-24-19(3)4/h18-20H,5-17H2,1-4H3. The molecule has 2 heterocycles. The largest absolute Gasteiger partial charge is 0.379 e. The van der Waals surface area contributed by atoms with Crippen molar-refractivity contribution in [3.8, 4) is 0 Å². The number of piperidine rings is 1. The van der Waals surface area contributed by atoms with Gasteiger partial charge in [0.15, 0.2) is 0 Å². The quantitative estimate of drug-likeness (QED) is 0.601. The summed E-state index contributed by atoms with van der Waals surface area (Å²) in [4.78, 5) is 7.95. The summed E-state index contributed by atoms with van der Waals surface area (Å²) in [6, 6.07) is 0.706. The van der Waals surface area contributed by atoms with Gasteiger partial charge in [0.25, 0.3) is 0 Å². The van der Waals surface area contributed by atoms with Crippen molar-refractivity contribution in [3.63, 3.8) is 0 Å². The Kier molecular flexibility index (Phi) is 9.02. The fourth-order valence-corrected chi connectivity index (χ4v) is 3.98. The van der Waals surface area contributed by atoms with Gasteiger partial charge in [-0.25, -0.2) is 0 Å². The van der Waals surface area contributed by atoms with Crippen LogP contribution in [-0.4, -0.2) is 85.8 Å². The molecule has 2 rings (SSSR count). The molecule has 2 fully saturated rings. The van der Waals surface area contributed by atoms with Crippen molar-refractivity contribution in [1.29, 1.82) is 0 Å². The van der Waals surface area contributed by atoms with Crippen molar-refractivity contribution in [2.45, 2.75) is 65.5 Å². The maximum absolute atomic E-state index is 5.66. The topological polar surface area (TPSA) is 19.0 Å². The van der Waals surface area contributed by atoms with Gasteiger partial charge in [0.2, 0.25) is 0 Å². The highest BCUT2D eigenvalue weighted by molar-refractivity contribution is 4.77. The molecule has 0 N–H and O–H groups in total. The molecule has 0 unspecified atom stereocenters. The van der Waals surface area contributed by atoms with Crippen LogP contribution in [0.25, 0.3) is 0 Å². The summed E-state index contributed by atoms with van der Waals surface area (Å²) in [7, 11) is 0. The number of nitrogens with zero attached hydrogens (tertiary/aromatic N) is 3. The molecule has 0 saturated carbocycles. The molecule has 0 amide bonds. The minimum absolute atomic E-state index is 0.384. The number of hydrogen-bond acceptors (Lipinski definition) is 4. The fraction of sp³-hybridized carbons (Fsp3) is 1.00. The van der Waals surface area contributed by atoms with Gasteiger partial charge in [-0.15, -0.1) is 0 Å². The molecule has 2 saturated heterocycles. The lowest BCUT2D eigenvalue weighted by molar-refractivity contribution is 0.0687. The van der Waals surface area contributed by atoms with E-state index in [9.17, 15) is 0 Å². The average molecular weight is 340 g/mol. The van der Waals surface area contributed by atoms with E-state index in [-0.39, 0.29) is 0 Å². The number of hydrogen-bond donors (Lipinski definition) is 0. The van der Waals surface area contributed by atoms with E-state index in [0.29, 0.717) is 12.1 Å². The van der Waals surface area contributed by atoms with Gasteiger partial charge < -0.3 is 9.64 Å². The summed E-state index contributed by atoms with van der Waals surface area (Å²) in [5, 5.41) is 0. The molecule has 0 aromatic heterocycles. The molecule has 4 heteroatoms. The van der Waals surface area contributed by atoms with Crippen LogP contribution in [0.3, 0.4) is 0 Å². The summed E-state index contributed by atoms with van der Waals surface area (Å²) in [6.07, 6.45) is 5.76. The van der Waals surface area contributed by atoms with Crippen molar-refractivity contribution in [3.05, 3.63) is 0 Å². The minimum atomic E-state index is 0.384. The molecular formula is C20H41N3O. The van der Waals surface area contributed by atoms with Crippen LogP contribution in [0.4, 0.5) is 0 Å². The summed E-state index contributed by atoms with van der Waals surface area (Å²) in [5.74, 6) is 0.937. The number of likely N-dealkylation sites (tertiary alicyclic amines) is 1. The number of piperazine rings is 1. The third-order valence-electron chi connectivity index (χ3n) is 5.78. The smallest absolute Gasteiger partial charge is 0.0518 e. The zero-order valence-corrected chi connectivity index (χ0v) is 16.7. The monoisotopic (exact) mass is 339 g/mol. The molecule has 142 valence electrons. The van der Waals surface area contributed by atoms with Gasteiger partial charge in [-0.1, -0.05) is 0 Å². The van der Waals surface area contributed by atoms with Crippen molar-refractivity contribution in [2.75, 3.05) is 59.0 Å². The molecule has 0 bridgehead atoms. The van der Waals surface area contributed by atoms with Gasteiger partial charge in [-0.2, -0.15) is 0 Å². The maximum Gasteiger partial charge on any atom is 0.0518 e. The van der Waals surface area contributed by atoms with Crippen LogP contribution in [0, 0.1) is 5.92 Å². The lowest BCUT2D eigenvalue weighted by atomic mass is 9.92. The summed E-state index contributed by atoms with van der Waals surface area (Å²) >= 11 is 0. The van der Waals surface area contributed by atoms with Crippen molar-refractivity contribution < 1.29 is 4.74 Å². The Morgan fingerprint density at radius 1 is 0.833 bits per heavy atom. The van der Waals surface area contributed by atoms with Crippen molar-refractivity contribution >= 4 is 0 Å². The predicted octanol–water partition coefficient (Wildman–Crippen LogP) is 2.93. The number of ether oxygens (including phenoxy) is 1. The molecule has 0 atom stereocenters. The van der Waals surface area contributed by atoms with Gasteiger partial charge in [0.05, 0.1) is 6.10 Å². The van der Waals surface area contributed by atoms with Crippen LogP contribution in [0.15, 0.2) is 0 Å². The van der Waals surface area contributed by atoms with Crippen LogP contribution in [0.1, 0.15) is 53.4 Å². The van der Waals surface area contributed by atoms with Crippen LogP contribution < -0.4 is 0 Å². The second kappa shape index (κ2) is 10.7. The minimum Gasteiger partial charge on any atom is -0.379 e. The highest BCUT2D eigenvalue weighted by Gasteiger charge is 2.21. The summed E-state index contributed by atoms with van der Waals surface area (Å²) in [5.41, 5.74) is 0. The van der Waals surface area contributed by atoms with E-state index in [2.05, 4.69) is 42.4 Å². The molecule has 24 heavy (non-hydrogen) atoms. The van der Waals surface area contributed by atoms with Crippen LogP contribution in [-0.2, 0) is 4.74 Å². The Labute approximate surface area is 150 Å². The number of rotatable bonds is 9. The van der Waals surface area contributed by atoms with E-state index in [1.807, 2.05) is 0 Å². The lowest BCUT2D eigenvalue weighted by Gasteiger charge is -2.38. The molecule has 0 aliphatic carbocycles. The van der Waals surface area contributed by atoms with E-state index < -0.39 is 0 Å². The Balaban J connectivity index is 1.51.